The van der Waals surface area contributed by atoms with Gasteiger partial charge >= 0.3 is 0 Å². The minimum atomic E-state index is -2.81. The molecule has 0 aliphatic heterocycles. The Kier molecular flexibility index (Phi) is 5.58. The number of hydrogen-bond donors (Lipinski definition) is 4. The zero-order chi connectivity index (χ0) is 23.9. The van der Waals surface area contributed by atoms with Crippen molar-refractivity contribution in [1.82, 2.24) is 20.2 Å². The molecular formula is C21H17F4N7O. The van der Waals surface area contributed by atoms with Gasteiger partial charge in [0.25, 0.3) is 12.3 Å². The van der Waals surface area contributed by atoms with E-state index in [9.17, 15) is 22.4 Å². The van der Waals surface area contributed by atoms with E-state index in [0.717, 1.165) is 6.07 Å². The summed E-state index contributed by atoms with van der Waals surface area (Å²) >= 11 is 0. The number of aromatic nitrogens is 4. The van der Waals surface area contributed by atoms with Gasteiger partial charge in [0.05, 0.1) is 35.3 Å². The number of nitrogens with one attached hydrogen (secondary N) is 2. The van der Waals surface area contributed by atoms with Gasteiger partial charge < -0.3 is 16.8 Å². The van der Waals surface area contributed by atoms with E-state index in [2.05, 4.69) is 25.5 Å². The molecule has 12 heteroatoms. The molecule has 4 aromatic rings. The summed E-state index contributed by atoms with van der Waals surface area (Å²) in [5.74, 6) is -3.47. The Morgan fingerprint density at radius 2 is 1.97 bits per heavy atom. The highest BCUT2D eigenvalue weighted by molar-refractivity contribution is 6.04. The number of amides is 1. The molecule has 4 rings (SSSR count). The zero-order valence-corrected chi connectivity index (χ0v) is 17.1. The molecule has 0 saturated carbocycles. The van der Waals surface area contributed by atoms with Crippen molar-refractivity contribution in [3.63, 3.8) is 0 Å². The van der Waals surface area contributed by atoms with E-state index in [1.807, 2.05) is 0 Å². The number of nitrogens with zero attached hydrogens (tertiary/aromatic N) is 3. The first kappa shape index (κ1) is 22.0. The topological polar surface area (TPSA) is 136 Å². The van der Waals surface area contributed by atoms with Gasteiger partial charge in [-0.2, -0.15) is 5.10 Å². The monoisotopic (exact) mass is 459 g/mol. The summed E-state index contributed by atoms with van der Waals surface area (Å²) in [5, 5.41) is 9.64. The van der Waals surface area contributed by atoms with Crippen molar-refractivity contribution in [2.75, 3.05) is 17.6 Å². The summed E-state index contributed by atoms with van der Waals surface area (Å²) in [6.45, 7) is 0.859. The van der Waals surface area contributed by atoms with E-state index < -0.39 is 36.2 Å². The van der Waals surface area contributed by atoms with E-state index in [4.69, 9.17) is 11.5 Å². The van der Waals surface area contributed by atoms with Gasteiger partial charge in [0, 0.05) is 22.6 Å². The van der Waals surface area contributed by atoms with Crippen molar-refractivity contribution in [2.45, 2.75) is 13.3 Å². The SMILES string of the molecule is Cc1ccc2[nH]ncc2c1-c1nc(-c2cc(F)cc(F)c2NCC(F)F)nc(C(N)=O)c1N. The number of primary amides is 1. The van der Waals surface area contributed by atoms with Gasteiger partial charge in [-0.1, -0.05) is 6.07 Å². The number of halogens is 4. The Balaban J connectivity index is 2.03. The number of hydrogen-bond acceptors (Lipinski definition) is 6. The van der Waals surface area contributed by atoms with Crippen LogP contribution in [0, 0.1) is 18.6 Å². The molecule has 8 nitrogen and oxygen atoms in total. The summed E-state index contributed by atoms with van der Waals surface area (Å²) in [5.41, 5.74) is 12.2. The van der Waals surface area contributed by atoms with Crippen LogP contribution in [-0.4, -0.2) is 39.0 Å². The molecule has 2 aromatic carbocycles. The molecule has 0 unspecified atom stereocenters. The van der Waals surface area contributed by atoms with Crippen molar-refractivity contribution in [1.29, 1.82) is 0 Å². The second-order valence-corrected chi connectivity index (χ2v) is 7.19. The minimum Gasteiger partial charge on any atom is -0.395 e. The van der Waals surface area contributed by atoms with Crippen LogP contribution in [0.5, 0.6) is 0 Å². The summed E-state index contributed by atoms with van der Waals surface area (Å²) in [6, 6.07) is 4.93. The molecule has 2 aromatic heterocycles. The Bertz CT molecular complexity index is 1390. The Morgan fingerprint density at radius 3 is 2.67 bits per heavy atom. The van der Waals surface area contributed by atoms with E-state index in [0.29, 0.717) is 28.1 Å². The average Bonchev–Trinajstić information content (AvgIpc) is 3.21. The highest BCUT2D eigenvalue weighted by Gasteiger charge is 2.24. The third kappa shape index (κ3) is 4.02. The maximum atomic E-state index is 14.5. The second-order valence-electron chi connectivity index (χ2n) is 7.19. The van der Waals surface area contributed by atoms with E-state index in [1.54, 1.807) is 19.1 Å². The summed E-state index contributed by atoms with van der Waals surface area (Å²) in [7, 11) is 0. The van der Waals surface area contributed by atoms with Crippen LogP contribution in [0.1, 0.15) is 16.1 Å². The molecule has 0 radical (unpaired) electrons. The van der Waals surface area contributed by atoms with Gasteiger partial charge in [-0.25, -0.2) is 27.5 Å². The molecule has 0 aliphatic carbocycles. The van der Waals surface area contributed by atoms with Gasteiger partial charge in [-0.05, 0) is 24.6 Å². The van der Waals surface area contributed by atoms with Crippen LogP contribution in [0.25, 0.3) is 33.5 Å². The Morgan fingerprint density at radius 1 is 1.21 bits per heavy atom. The van der Waals surface area contributed by atoms with Crippen LogP contribution in [0.3, 0.4) is 0 Å². The lowest BCUT2D eigenvalue weighted by Gasteiger charge is -2.16. The fourth-order valence-electron chi connectivity index (χ4n) is 3.52. The lowest BCUT2D eigenvalue weighted by atomic mass is 9.99. The predicted octanol–water partition coefficient (Wildman–Crippen LogP) is 3.63. The number of aryl methyl sites for hydroxylation is 1. The van der Waals surface area contributed by atoms with Gasteiger partial charge in [0.15, 0.2) is 11.5 Å². The number of anilines is 2. The predicted molar refractivity (Wildman–Crippen MR) is 115 cm³/mol. The number of nitrogen functional groups attached to an aromatic ring is 1. The molecule has 170 valence electrons. The molecule has 0 spiro atoms. The van der Waals surface area contributed by atoms with Crippen molar-refractivity contribution in [3.8, 4) is 22.6 Å². The molecular weight excluding hydrogens is 442 g/mol. The maximum Gasteiger partial charge on any atom is 0.269 e. The van der Waals surface area contributed by atoms with Crippen LogP contribution in [-0.2, 0) is 0 Å². The van der Waals surface area contributed by atoms with Crippen molar-refractivity contribution in [2.24, 2.45) is 5.73 Å². The van der Waals surface area contributed by atoms with E-state index >= 15 is 0 Å². The third-order valence-corrected chi connectivity index (χ3v) is 4.98. The van der Waals surface area contributed by atoms with Gasteiger partial charge in [-0.15, -0.1) is 0 Å². The first-order valence-electron chi connectivity index (χ1n) is 9.59. The molecule has 6 N–H and O–H groups in total. The van der Waals surface area contributed by atoms with Gasteiger partial charge in [-0.3, -0.25) is 9.89 Å². The molecule has 33 heavy (non-hydrogen) atoms. The van der Waals surface area contributed by atoms with Crippen LogP contribution in [0.15, 0.2) is 30.5 Å². The van der Waals surface area contributed by atoms with Crippen molar-refractivity contribution < 1.29 is 22.4 Å². The van der Waals surface area contributed by atoms with E-state index in [-0.39, 0.29) is 28.5 Å². The normalized spacial score (nSPS) is 11.3. The first-order valence-corrected chi connectivity index (χ1v) is 9.59. The summed E-state index contributed by atoms with van der Waals surface area (Å²) < 4.78 is 54.1. The fourth-order valence-corrected chi connectivity index (χ4v) is 3.52. The minimum absolute atomic E-state index is 0.0720. The number of benzene rings is 2. The smallest absolute Gasteiger partial charge is 0.269 e. The van der Waals surface area contributed by atoms with Gasteiger partial charge in [0.1, 0.15) is 11.6 Å². The fraction of sp³-hybridized carbons (Fsp3) is 0.143. The van der Waals surface area contributed by atoms with Crippen LogP contribution < -0.4 is 16.8 Å². The van der Waals surface area contributed by atoms with E-state index in [1.165, 1.54) is 6.20 Å². The summed E-state index contributed by atoms with van der Waals surface area (Å²) in [6.07, 6.45) is -1.28. The number of carbonyl (C=O) groups excluding carboxylic acids is 1. The highest BCUT2D eigenvalue weighted by Crippen LogP contribution is 2.37. The highest BCUT2D eigenvalue weighted by atomic mass is 19.3. The number of aromatic amines is 1. The van der Waals surface area contributed by atoms with Crippen LogP contribution in [0.2, 0.25) is 0 Å². The average molecular weight is 459 g/mol. The standard InChI is InChI=1S/C21H17F4N7O/c1-8-2-3-13-11(6-29-32-13)15(8)18-16(26)19(20(27)33)31-21(30-18)10-4-9(22)5-12(23)17(10)28-7-14(24)25/h2-6,14,28H,7,26H2,1H3,(H2,27,33)(H,29,32). The second kappa shape index (κ2) is 8.37. The first-order chi connectivity index (χ1) is 15.7. The number of alkyl halides is 2. The number of fused-ring (bicyclic) bond motifs is 1. The van der Waals surface area contributed by atoms with Crippen LogP contribution in [0.4, 0.5) is 28.9 Å². The molecule has 2 heterocycles. The largest absolute Gasteiger partial charge is 0.395 e. The molecule has 0 fully saturated rings. The number of nitrogens with two attached hydrogens (primary N) is 2. The Labute approximate surface area is 184 Å². The number of H-pyrrole nitrogens is 1. The Hall–Kier alpha value is -4.22. The quantitative estimate of drug-likeness (QED) is 0.325. The molecule has 1 amide bonds. The number of carbonyl (C=O) groups is 1. The summed E-state index contributed by atoms with van der Waals surface area (Å²) in [4.78, 5) is 20.5. The van der Waals surface area contributed by atoms with Gasteiger partial charge in [0.2, 0.25) is 0 Å². The molecule has 0 saturated heterocycles. The van der Waals surface area contributed by atoms with Crippen molar-refractivity contribution >= 4 is 28.2 Å². The molecule has 0 aliphatic rings. The van der Waals surface area contributed by atoms with Crippen LogP contribution >= 0.6 is 0 Å². The van der Waals surface area contributed by atoms with Crippen molar-refractivity contribution in [3.05, 3.63) is 53.4 Å². The number of rotatable bonds is 6. The zero-order valence-electron chi connectivity index (χ0n) is 17.1. The third-order valence-electron chi connectivity index (χ3n) is 4.98. The lowest BCUT2D eigenvalue weighted by molar-refractivity contribution is 0.0996. The lowest BCUT2D eigenvalue weighted by Crippen LogP contribution is -2.18. The maximum absolute atomic E-state index is 14.5. The molecule has 0 bridgehead atoms. The molecule has 0 atom stereocenters.